The zero-order chi connectivity index (χ0) is 24.4. The van der Waals surface area contributed by atoms with Crippen molar-refractivity contribution in [1.82, 2.24) is 9.71 Å². The van der Waals surface area contributed by atoms with Crippen molar-refractivity contribution in [2.75, 3.05) is 4.90 Å². The van der Waals surface area contributed by atoms with Crippen LogP contribution in [0.25, 0.3) is 11.3 Å². The van der Waals surface area contributed by atoms with E-state index in [-0.39, 0.29) is 17.9 Å². The van der Waals surface area contributed by atoms with Gasteiger partial charge in [-0.25, -0.2) is 12.8 Å². The number of carbonyl (C=O) groups is 1. The standard InChI is InChI=1S/C27H22FN3O3S/c28-21-12-7-13-22(16-21)35(33,34)30-25-17-24-26(15-14-23(29-24)20-10-5-2-6-11-20)31(27(25)32)18-19-8-3-1-4-9-19/h1-16,25,30H,17-18H2/t25-/m0/s1. The van der Waals surface area contributed by atoms with E-state index in [1.54, 1.807) is 4.90 Å². The highest BCUT2D eigenvalue weighted by Crippen LogP contribution is 2.31. The highest BCUT2D eigenvalue weighted by Gasteiger charge is 2.36. The number of carbonyl (C=O) groups excluding carboxylic acids is 1. The summed E-state index contributed by atoms with van der Waals surface area (Å²) in [6, 6.07) is 26.4. The lowest BCUT2D eigenvalue weighted by molar-refractivity contribution is -0.120. The molecule has 1 aliphatic rings. The van der Waals surface area contributed by atoms with Crippen molar-refractivity contribution in [3.05, 3.63) is 114 Å². The molecule has 4 aromatic rings. The van der Waals surface area contributed by atoms with Crippen LogP contribution in [0.4, 0.5) is 10.1 Å². The lowest BCUT2D eigenvalue weighted by Crippen LogP contribution is -2.52. The molecule has 6 nitrogen and oxygen atoms in total. The monoisotopic (exact) mass is 487 g/mol. The number of halogens is 1. The minimum Gasteiger partial charge on any atom is -0.305 e. The average molecular weight is 488 g/mol. The van der Waals surface area contributed by atoms with Crippen LogP contribution in [0.2, 0.25) is 0 Å². The van der Waals surface area contributed by atoms with Crippen LogP contribution in [0.5, 0.6) is 0 Å². The normalized spacial score (nSPS) is 15.6. The SMILES string of the molecule is O=C1[C@@H](NS(=O)(=O)c2cccc(F)c2)Cc2nc(-c3ccccc3)ccc2N1Cc1ccccc1. The first-order chi connectivity index (χ1) is 16.9. The summed E-state index contributed by atoms with van der Waals surface area (Å²) < 4.78 is 42.2. The summed E-state index contributed by atoms with van der Waals surface area (Å²) in [5.41, 5.74) is 3.78. The third-order valence-corrected chi connectivity index (χ3v) is 7.33. The Labute approximate surface area is 203 Å². The molecular formula is C27H22FN3O3S. The molecule has 1 amide bonds. The second kappa shape index (κ2) is 9.40. The van der Waals surface area contributed by atoms with Crippen LogP contribution in [0.1, 0.15) is 11.3 Å². The fourth-order valence-electron chi connectivity index (χ4n) is 4.16. The number of anilines is 1. The van der Waals surface area contributed by atoms with E-state index < -0.39 is 27.8 Å². The molecule has 5 rings (SSSR count). The first kappa shape index (κ1) is 22.9. The molecule has 0 aliphatic carbocycles. The van der Waals surface area contributed by atoms with Gasteiger partial charge in [0, 0.05) is 12.0 Å². The second-order valence-electron chi connectivity index (χ2n) is 8.27. The molecule has 1 aromatic heterocycles. The van der Waals surface area contributed by atoms with E-state index in [1.165, 1.54) is 12.1 Å². The van der Waals surface area contributed by atoms with Crippen LogP contribution in [-0.2, 0) is 27.8 Å². The Morgan fingerprint density at radius 3 is 2.34 bits per heavy atom. The van der Waals surface area contributed by atoms with E-state index in [0.717, 1.165) is 29.0 Å². The van der Waals surface area contributed by atoms with Crippen LogP contribution >= 0.6 is 0 Å². The fraction of sp³-hybridized carbons (Fsp3) is 0.111. The molecule has 0 unspecified atom stereocenters. The smallest absolute Gasteiger partial charge is 0.245 e. The molecule has 0 saturated heterocycles. The van der Waals surface area contributed by atoms with Crippen molar-refractivity contribution in [1.29, 1.82) is 0 Å². The first-order valence-electron chi connectivity index (χ1n) is 11.1. The van der Waals surface area contributed by atoms with Crippen LogP contribution in [0.15, 0.2) is 102 Å². The van der Waals surface area contributed by atoms with Gasteiger partial charge in [-0.2, -0.15) is 4.72 Å². The molecule has 0 fully saturated rings. The number of fused-ring (bicyclic) bond motifs is 1. The van der Waals surface area contributed by atoms with Crippen LogP contribution in [0, 0.1) is 5.82 Å². The molecule has 0 saturated carbocycles. The molecule has 8 heteroatoms. The van der Waals surface area contributed by atoms with E-state index in [0.29, 0.717) is 11.4 Å². The summed E-state index contributed by atoms with van der Waals surface area (Å²) in [5, 5.41) is 0. The molecule has 1 atom stereocenters. The van der Waals surface area contributed by atoms with E-state index in [1.807, 2.05) is 72.8 Å². The van der Waals surface area contributed by atoms with Gasteiger partial charge in [-0.15, -0.1) is 0 Å². The molecule has 176 valence electrons. The average Bonchev–Trinajstić information content (AvgIpc) is 2.87. The lowest BCUT2D eigenvalue weighted by atomic mass is 10.00. The van der Waals surface area contributed by atoms with Crippen molar-refractivity contribution in [3.63, 3.8) is 0 Å². The molecule has 2 heterocycles. The minimum atomic E-state index is -4.14. The third-order valence-electron chi connectivity index (χ3n) is 5.86. The van der Waals surface area contributed by atoms with Gasteiger partial charge in [-0.3, -0.25) is 9.78 Å². The van der Waals surface area contributed by atoms with Gasteiger partial charge in [0.15, 0.2) is 0 Å². The summed E-state index contributed by atoms with van der Waals surface area (Å²) in [5.74, 6) is -1.07. The zero-order valence-electron chi connectivity index (χ0n) is 18.6. The Kier molecular flexibility index (Phi) is 6.15. The number of hydrogen-bond donors (Lipinski definition) is 1. The van der Waals surface area contributed by atoms with Gasteiger partial charge in [0.05, 0.1) is 28.5 Å². The number of aromatic nitrogens is 1. The maximum Gasteiger partial charge on any atom is 0.245 e. The molecule has 3 aromatic carbocycles. The van der Waals surface area contributed by atoms with Crippen LogP contribution in [-0.4, -0.2) is 25.4 Å². The molecule has 35 heavy (non-hydrogen) atoms. The summed E-state index contributed by atoms with van der Waals surface area (Å²) >= 11 is 0. The highest BCUT2D eigenvalue weighted by molar-refractivity contribution is 7.89. The van der Waals surface area contributed by atoms with Crippen molar-refractivity contribution in [2.45, 2.75) is 23.9 Å². The number of nitrogens with zero attached hydrogens (tertiary/aromatic N) is 2. The second-order valence-corrected chi connectivity index (χ2v) is 9.99. The Hall–Kier alpha value is -3.88. The molecule has 0 bridgehead atoms. The predicted octanol–water partition coefficient (Wildman–Crippen LogP) is 4.32. The van der Waals surface area contributed by atoms with Gasteiger partial charge in [-0.1, -0.05) is 66.7 Å². The Morgan fingerprint density at radius 2 is 1.63 bits per heavy atom. The van der Waals surface area contributed by atoms with Crippen LogP contribution < -0.4 is 9.62 Å². The van der Waals surface area contributed by atoms with Gasteiger partial charge in [0.2, 0.25) is 15.9 Å². The predicted molar refractivity (Wildman–Crippen MR) is 132 cm³/mol. The maximum atomic E-state index is 13.7. The molecular weight excluding hydrogens is 465 g/mol. The Morgan fingerprint density at radius 1 is 0.914 bits per heavy atom. The summed E-state index contributed by atoms with van der Waals surface area (Å²) in [7, 11) is -4.14. The minimum absolute atomic E-state index is 0.0781. The largest absolute Gasteiger partial charge is 0.305 e. The summed E-state index contributed by atoms with van der Waals surface area (Å²) in [6.07, 6.45) is 0.0781. The van der Waals surface area contributed by atoms with E-state index in [9.17, 15) is 17.6 Å². The molecule has 0 radical (unpaired) electrons. The highest BCUT2D eigenvalue weighted by atomic mass is 32.2. The number of hydrogen-bond acceptors (Lipinski definition) is 4. The van der Waals surface area contributed by atoms with Gasteiger partial charge in [0.25, 0.3) is 0 Å². The van der Waals surface area contributed by atoms with Gasteiger partial charge < -0.3 is 4.90 Å². The molecule has 0 spiro atoms. The Bertz CT molecular complexity index is 1480. The molecule has 1 N–H and O–H groups in total. The number of amides is 1. The lowest BCUT2D eigenvalue weighted by Gasteiger charge is -2.34. The zero-order valence-corrected chi connectivity index (χ0v) is 19.5. The number of pyridine rings is 1. The van der Waals surface area contributed by atoms with Gasteiger partial charge >= 0.3 is 0 Å². The van der Waals surface area contributed by atoms with E-state index in [4.69, 9.17) is 4.98 Å². The van der Waals surface area contributed by atoms with Gasteiger partial charge in [-0.05, 0) is 35.9 Å². The molecule has 1 aliphatic heterocycles. The fourth-order valence-corrected chi connectivity index (χ4v) is 5.38. The third kappa shape index (κ3) is 4.84. The van der Waals surface area contributed by atoms with Crippen molar-refractivity contribution < 1.29 is 17.6 Å². The summed E-state index contributed by atoms with van der Waals surface area (Å²) in [6.45, 7) is 0.261. The van der Waals surface area contributed by atoms with E-state index >= 15 is 0 Å². The van der Waals surface area contributed by atoms with Crippen molar-refractivity contribution >= 4 is 21.6 Å². The number of rotatable bonds is 6. The number of benzene rings is 3. The van der Waals surface area contributed by atoms with E-state index in [2.05, 4.69) is 4.72 Å². The first-order valence-corrected chi connectivity index (χ1v) is 12.6. The maximum absolute atomic E-state index is 13.7. The summed E-state index contributed by atoms with van der Waals surface area (Å²) in [4.78, 5) is 19.6. The number of nitrogens with one attached hydrogen (secondary N) is 1. The van der Waals surface area contributed by atoms with Crippen LogP contribution in [0.3, 0.4) is 0 Å². The topological polar surface area (TPSA) is 79.4 Å². The van der Waals surface area contributed by atoms with Crippen molar-refractivity contribution in [3.8, 4) is 11.3 Å². The van der Waals surface area contributed by atoms with Gasteiger partial charge in [0.1, 0.15) is 11.9 Å². The van der Waals surface area contributed by atoms with Crippen molar-refractivity contribution in [2.24, 2.45) is 0 Å². The Balaban J connectivity index is 1.53. The number of sulfonamides is 1. The quantitative estimate of drug-likeness (QED) is 0.439.